The summed E-state index contributed by atoms with van der Waals surface area (Å²) in [7, 11) is -4.62. The number of phosphoric acid groups is 1. The van der Waals surface area contributed by atoms with E-state index in [0.29, 0.717) is 5.75 Å². The predicted molar refractivity (Wildman–Crippen MR) is 150 cm³/mol. The second-order valence-corrected chi connectivity index (χ2v) is 13.5. The summed E-state index contributed by atoms with van der Waals surface area (Å²) in [5, 5.41) is 0. The molecule has 0 bridgehead atoms. The summed E-state index contributed by atoms with van der Waals surface area (Å²) in [6.45, 7) is 15.9. The van der Waals surface area contributed by atoms with E-state index in [1.807, 2.05) is 6.07 Å². The summed E-state index contributed by atoms with van der Waals surface area (Å²) in [6.07, 6.45) is 17.3. The van der Waals surface area contributed by atoms with Crippen molar-refractivity contribution >= 4 is 7.82 Å². The van der Waals surface area contributed by atoms with E-state index in [1.54, 1.807) is 0 Å². The summed E-state index contributed by atoms with van der Waals surface area (Å²) in [5.41, 5.74) is 3.76. The summed E-state index contributed by atoms with van der Waals surface area (Å²) < 4.78 is 17.1. The van der Waals surface area contributed by atoms with Gasteiger partial charge in [-0.15, -0.1) is 0 Å². The highest BCUT2D eigenvalue weighted by atomic mass is 31.2. The van der Waals surface area contributed by atoms with Crippen LogP contribution in [0.15, 0.2) is 12.1 Å². The van der Waals surface area contributed by atoms with Crippen LogP contribution in [0.1, 0.15) is 149 Å². The van der Waals surface area contributed by atoms with Crippen molar-refractivity contribution < 1.29 is 18.9 Å². The van der Waals surface area contributed by atoms with E-state index in [4.69, 9.17) is 4.52 Å². The highest BCUT2D eigenvalue weighted by Gasteiger charge is 2.31. The van der Waals surface area contributed by atoms with Gasteiger partial charge in [0.05, 0.1) is 0 Å². The van der Waals surface area contributed by atoms with E-state index < -0.39 is 7.82 Å². The van der Waals surface area contributed by atoms with Crippen molar-refractivity contribution in [1.29, 1.82) is 0 Å². The van der Waals surface area contributed by atoms with E-state index >= 15 is 0 Å². The van der Waals surface area contributed by atoms with Gasteiger partial charge in [0.15, 0.2) is 0 Å². The molecule has 0 radical (unpaired) electrons. The first kappa shape index (κ1) is 32.2. The van der Waals surface area contributed by atoms with Crippen LogP contribution in [-0.2, 0) is 22.8 Å². The molecule has 0 atom stereocenters. The Morgan fingerprint density at radius 3 is 1.63 bits per heavy atom. The predicted octanol–water partition coefficient (Wildman–Crippen LogP) is 9.68. The molecule has 0 saturated carbocycles. The molecule has 0 saturated heterocycles. The maximum Gasteiger partial charge on any atom is 0.524 e. The first-order chi connectivity index (χ1) is 16.3. The third-order valence-electron chi connectivity index (χ3n) is 6.87. The van der Waals surface area contributed by atoms with Gasteiger partial charge in [0.2, 0.25) is 0 Å². The number of hydrogen-bond donors (Lipinski definition) is 2. The minimum absolute atomic E-state index is 0.0354. The molecule has 0 aliphatic rings. The van der Waals surface area contributed by atoms with Crippen molar-refractivity contribution in [2.45, 2.75) is 150 Å². The Labute approximate surface area is 216 Å². The molecule has 204 valence electrons. The summed E-state index contributed by atoms with van der Waals surface area (Å²) in [6, 6.07) is 3.89. The largest absolute Gasteiger partial charge is 0.524 e. The number of unbranched alkanes of at least 4 members (excludes halogenated alkanes) is 10. The molecular formula is C30H55O4P. The maximum atomic E-state index is 11.8. The molecule has 5 heteroatoms. The second kappa shape index (κ2) is 15.4. The number of rotatable bonds is 18. The Kier molecular flexibility index (Phi) is 14.2. The number of hydrogen-bond acceptors (Lipinski definition) is 2. The molecule has 0 aliphatic heterocycles. The SMILES string of the molecule is CCCCCCCCc1c(OP(=O)(O)O)ccc(C(C)(C)CC(C)(C)C)c1CCCCCCCC. The van der Waals surface area contributed by atoms with Crippen molar-refractivity contribution in [1.82, 2.24) is 0 Å². The van der Waals surface area contributed by atoms with Gasteiger partial charge in [0.25, 0.3) is 0 Å². The van der Waals surface area contributed by atoms with Crippen molar-refractivity contribution in [2.75, 3.05) is 0 Å². The van der Waals surface area contributed by atoms with Crippen LogP contribution in [0.25, 0.3) is 0 Å². The molecule has 0 amide bonds. The maximum absolute atomic E-state index is 11.8. The quantitative estimate of drug-likeness (QED) is 0.152. The lowest BCUT2D eigenvalue weighted by Crippen LogP contribution is -2.27. The molecule has 0 heterocycles. The minimum Gasteiger partial charge on any atom is -0.404 e. The van der Waals surface area contributed by atoms with Gasteiger partial charge in [-0.3, -0.25) is 9.79 Å². The fraction of sp³-hybridized carbons (Fsp3) is 0.800. The highest BCUT2D eigenvalue weighted by molar-refractivity contribution is 7.46. The van der Waals surface area contributed by atoms with E-state index in [-0.39, 0.29) is 10.8 Å². The van der Waals surface area contributed by atoms with Crippen LogP contribution in [-0.4, -0.2) is 9.79 Å². The first-order valence-electron chi connectivity index (χ1n) is 14.2. The molecule has 0 fully saturated rings. The lowest BCUT2D eigenvalue weighted by atomic mass is 9.70. The number of benzene rings is 1. The average Bonchev–Trinajstić information content (AvgIpc) is 2.71. The third-order valence-corrected chi connectivity index (χ3v) is 7.30. The summed E-state index contributed by atoms with van der Waals surface area (Å²) in [4.78, 5) is 19.2. The second-order valence-electron chi connectivity index (χ2n) is 12.3. The van der Waals surface area contributed by atoms with E-state index in [0.717, 1.165) is 44.1 Å². The minimum atomic E-state index is -4.62. The molecule has 35 heavy (non-hydrogen) atoms. The molecule has 1 aromatic carbocycles. The van der Waals surface area contributed by atoms with Crippen LogP contribution in [0, 0.1) is 5.41 Å². The Bertz CT molecular complexity index is 773. The van der Waals surface area contributed by atoms with Crippen molar-refractivity contribution in [3.8, 4) is 5.75 Å². The Morgan fingerprint density at radius 2 is 1.17 bits per heavy atom. The molecule has 0 spiro atoms. The van der Waals surface area contributed by atoms with Gasteiger partial charge < -0.3 is 4.52 Å². The molecule has 1 aromatic rings. The van der Waals surface area contributed by atoms with Crippen LogP contribution in [0.5, 0.6) is 5.75 Å². The molecular weight excluding hydrogens is 455 g/mol. The number of phosphoric ester groups is 1. The molecule has 0 aliphatic carbocycles. The van der Waals surface area contributed by atoms with Gasteiger partial charge in [-0.2, -0.15) is 0 Å². The van der Waals surface area contributed by atoms with Crippen LogP contribution < -0.4 is 4.52 Å². The van der Waals surface area contributed by atoms with Crippen molar-refractivity contribution in [2.24, 2.45) is 5.41 Å². The van der Waals surface area contributed by atoms with E-state index in [2.05, 4.69) is 54.5 Å². The first-order valence-corrected chi connectivity index (χ1v) is 15.7. The molecule has 1 rings (SSSR count). The molecule has 4 nitrogen and oxygen atoms in total. The standard InChI is InChI=1S/C30H55O4P/c1-8-10-12-14-16-18-20-25-26(21-19-17-15-13-11-9-2)28(34-35(31,32)33)23-22-27(25)30(6,7)24-29(3,4)5/h22-23H,8-21,24H2,1-7H3,(H2,31,32,33). The van der Waals surface area contributed by atoms with Crippen LogP contribution in [0.2, 0.25) is 0 Å². The zero-order valence-corrected chi connectivity index (χ0v) is 24.8. The normalized spacial score (nSPS) is 12.8. The van der Waals surface area contributed by atoms with Crippen LogP contribution in [0.4, 0.5) is 0 Å². The summed E-state index contributed by atoms with van der Waals surface area (Å²) >= 11 is 0. The zero-order valence-electron chi connectivity index (χ0n) is 23.9. The van der Waals surface area contributed by atoms with E-state index in [1.165, 1.54) is 68.9 Å². The van der Waals surface area contributed by atoms with Crippen LogP contribution >= 0.6 is 7.82 Å². The average molecular weight is 511 g/mol. The lowest BCUT2D eigenvalue weighted by Gasteiger charge is -2.35. The van der Waals surface area contributed by atoms with Gasteiger partial charge in [-0.25, -0.2) is 4.57 Å². The fourth-order valence-electron chi connectivity index (χ4n) is 5.66. The highest BCUT2D eigenvalue weighted by Crippen LogP contribution is 2.45. The van der Waals surface area contributed by atoms with Gasteiger partial charge in [0.1, 0.15) is 5.75 Å². The summed E-state index contributed by atoms with van der Waals surface area (Å²) in [5.74, 6) is 0.378. The van der Waals surface area contributed by atoms with Crippen molar-refractivity contribution in [3.63, 3.8) is 0 Å². The third kappa shape index (κ3) is 13.3. The van der Waals surface area contributed by atoms with Crippen LogP contribution in [0.3, 0.4) is 0 Å². The van der Waals surface area contributed by atoms with Gasteiger partial charge in [-0.05, 0) is 65.7 Å². The molecule has 0 unspecified atom stereocenters. The fourth-order valence-corrected chi connectivity index (χ4v) is 6.09. The zero-order chi connectivity index (χ0) is 26.5. The lowest BCUT2D eigenvalue weighted by molar-refractivity contribution is 0.279. The molecule has 0 aromatic heterocycles. The Morgan fingerprint density at radius 1 is 0.714 bits per heavy atom. The van der Waals surface area contributed by atoms with E-state index in [9.17, 15) is 14.4 Å². The van der Waals surface area contributed by atoms with Gasteiger partial charge in [0, 0.05) is 0 Å². The van der Waals surface area contributed by atoms with Gasteiger partial charge >= 0.3 is 7.82 Å². The topological polar surface area (TPSA) is 66.8 Å². The smallest absolute Gasteiger partial charge is 0.404 e. The van der Waals surface area contributed by atoms with Crippen molar-refractivity contribution in [3.05, 3.63) is 28.8 Å². The van der Waals surface area contributed by atoms with Gasteiger partial charge in [-0.1, -0.05) is 119 Å². The monoisotopic (exact) mass is 510 g/mol. The molecule has 2 N–H and O–H groups in total. The Hall–Kier alpha value is -0.830. The Balaban J connectivity index is 3.31.